The molecule has 0 fully saturated rings. The van der Waals surface area contributed by atoms with Crippen LogP contribution in [0.5, 0.6) is 0 Å². The van der Waals surface area contributed by atoms with Crippen molar-refractivity contribution in [3.63, 3.8) is 0 Å². The van der Waals surface area contributed by atoms with E-state index in [1.165, 1.54) is 0 Å². The van der Waals surface area contributed by atoms with E-state index < -0.39 is 0 Å². The summed E-state index contributed by atoms with van der Waals surface area (Å²) in [5.74, 6) is 0.606. The summed E-state index contributed by atoms with van der Waals surface area (Å²) in [5.41, 5.74) is 6.45. The van der Waals surface area contributed by atoms with Gasteiger partial charge in [0.05, 0.1) is 12.8 Å². The third-order valence-corrected chi connectivity index (χ3v) is 1.42. The standard InChI is InChI=1S/C7H11N3O/c1-10-7(8)6(5-9-10)3-2-4-11/h2-3,5,11H,4,8H2,1H3. The Morgan fingerprint density at radius 3 is 3.00 bits per heavy atom. The highest BCUT2D eigenvalue weighted by Crippen LogP contribution is 2.10. The molecule has 0 spiro atoms. The minimum absolute atomic E-state index is 0.0222. The fourth-order valence-electron chi connectivity index (χ4n) is 0.772. The Bertz CT molecular complexity index is 265. The third kappa shape index (κ3) is 1.59. The van der Waals surface area contributed by atoms with Crippen molar-refractivity contribution in [1.82, 2.24) is 9.78 Å². The quantitative estimate of drug-likeness (QED) is 0.629. The molecule has 0 saturated carbocycles. The normalized spacial score (nSPS) is 11.1. The molecule has 0 unspecified atom stereocenters. The van der Waals surface area contributed by atoms with Gasteiger partial charge in [0.1, 0.15) is 5.82 Å². The molecule has 0 bridgehead atoms. The number of nitrogens with zero attached hydrogens (tertiary/aromatic N) is 2. The Morgan fingerprint density at radius 2 is 2.55 bits per heavy atom. The fraction of sp³-hybridized carbons (Fsp3) is 0.286. The second-order valence-electron chi connectivity index (χ2n) is 2.19. The molecule has 0 saturated heterocycles. The van der Waals surface area contributed by atoms with E-state index in [2.05, 4.69) is 5.10 Å². The van der Waals surface area contributed by atoms with Crippen molar-refractivity contribution < 1.29 is 5.11 Å². The maximum atomic E-state index is 8.47. The van der Waals surface area contributed by atoms with Crippen LogP contribution in [0.15, 0.2) is 12.3 Å². The van der Waals surface area contributed by atoms with Crippen LogP contribution >= 0.6 is 0 Å². The Balaban J connectivity index is 2.87. The van der Waals surface area contributed by atoms with Crippen LogP contribution < -0.4 is 5.73 Å². The van der Waals surface area contributed by atoms with Crippen molar-refractivity contribution in [2.24, 2.45) is 7.05 Å². The summed E-state index contributed by atoms with van der Waals surface area (Å²) in [6, 6.07) is 0. The number of hydrogen-bond acceptors (Lipinski definition) is 3. The van der Waals surface area contributed by atoms with Crippen molar-refractivity contribution in [1.29, 1.82) is 0 Å². The van der Waals surface area contributed by atoms with E-state index in [1.54, 1.807) is 30.1 Å². The maximum Gasteiger partial charge on any atom is 0.128 e. The monoisotopic (exact) mass is 153 g/mol. The number of aryl methyl sites for hydroxylation is 1. The summed E-state index contributed by atoms with van der Waals surface area (Å²) in [6.45, 7) is 0.0222. The zero-order valence-corrected chi connectivity index (χ0v) is 6.36. The van der Waals surface area contributed by atoms with Crippen molar-refractivity contribution in [2.45, 2.75) is 0 Å². The van der Waals surface area contributed by atoms with Gasteiger partial charge in [-0.25, -0.2) is 0 Å². The first-order chi connectivity index (χ1) is 5.25. The fourth-order valence-corrected chi connectivity index (χ4v) is 0.772. The minimum atomic E-state index is 0.0222. The van der Waals surface area contributed by atoms with Gasteiger partial charge in [-0.15, -0.1) is 0 Å². The second kappa shape index (κ2) is 3.21. The third-order valence-electron chi connectivity index (χ3n) is 1.42. The molecule has 0 amide bonds. The van der Waals surface area contributed by atoms with Gasteiger partial charge in [0.25, 0.3) is 0 Å². The molecule has 1 heterocycles. The molecule has 60 valence electrons. The Morgan fingerprint density at radius 1 is 1.82 bits per heavy atom. The predicted molar refractivity (Wildman–Crippen MR) is 43.7 cm³/mol. The molecule has 4 heteroatoms. The first-order valence-electron chi connectivity index (χ1n) is 3.30. The highest BCUT2D eigenvalue weighted by Gasteiger charge is 1.98. The average molecular weight is 153 g/mol. The summed E-state index contributed by atoms with van der Waals surface area (Å²) < 4.78 is 1.58. The van der Waals surface area contributed by atoms with Crippen LogP contribution in [-0.4, -0.2) is 21.5 Å². The first kappa shape index (κ1) is 7.81. The molecule has 3 N–H and O–H groups in total. The Kier molecular flexibility index (Phi) is 2.28. The van der Waals surface area contributed by atoms with Crippen molar-refractivity contribution in [3.8, 4) is 0 Å². The molecule has 1 rings (SSSR count). The van der Waals surface area contributed by atoms with Gasteiger partial charge in [0.15, 0.2) is 0 Å². The zero-order valence-electron chi connectivity index (χ0n) is 6.36. The van der Waals surface area contributed by atoms with E-state index in [9.17, 15) is 0 Å². The van der Waals surface area contributed by atoms with Crippen molar-refractivity contribution >= 4 is 11.9 Å². The zero-order chi connectivity index (χ0) is 8.27. The highest BCUT2D eigenvalue weighted by molar-refractivity contribution is 5.60. The number of rotatable bonds is 2. The number of anilines is 1. The number of aromatic nitrogens is 2. The van der Waals surface area contributed by atoms with Gasteiger partial charge in [-0.3, -0.25) is 4.68 Å². The molecule has 0 aliphatic rings. The van der Waals surface area contributed by atoms with Crippen LogP contribution in [0.3, 0.4) is 0 Å². The van der Waals surface area contributed by atoms with Crippen molar-refractivity contribution in [3.05, 3.63) is 17.8 Å². The summed E-state index contributed by atoms with van der Waals surface area (Å²) in [6.07, 6.45) is 5.01. The first-order valence-corrected chi connectivity index (χ1v) is 3.30. The lowest BCUT2D eigenvalue weighted by Gasteiger charge is -1.92. The summed E-state index contributed by atoms with van der Waals surface area (Å²) >= 11 is 0. The Labute approximate surface area is 64.9 Å². The molecule has 0 radical (unpaired) electrons. The molecule has 11 heavy (non-hydrogen) atoms. The molecular weight excluding hydrogens is 142 g/mol. The minimum Gasteiger partial charge on any atom is -0.392 e. The number of nitrogens with two attached hydrogens (primary N) is 1. The summed E-state index contributed by atoms with van der Waals surface area (Å²) in [5, 5.41) is 12.4. The lowest BCUT2D eigenvalue weighted by atomic mass is 10.3. The van der Waals surface area contributed by atoms with Crippen LogP contribution in [0, 0.1) is 0 Å². The van der Waals surface area contributed by atoms with Gasteiger partial charge in [-0.05, 0) is 0 Å². The largest absolute Gasteiger partial charge is 0.392 e. The van der Waals surface area contributed by atoms with E-state index in [1.807, 2.05) is 0 Å². The lowest BCUT2D eigenvalue weighted by molar-refractivity contribution is 0.343. The van der Waals surface area contributed by atoms with E-state index in [-0.39, 0.29) is 6.61 Å². The van der Waals surface area contributed by atoms with E-state index in [0.717, 1.165) is 5.56 Å². The van der Waals surface area contributed by atoms with Gasteiger partial charge < -0.3 is 10.8 Å². The Hall–Kier alpha value is -1.29. The summed E-state index contributed by atoms with van der Waals surface area (Å²) in [4.78, 5) is 0. The van der Waals surface area contributed by atoms with Gasteiger partial charge in [-0.1, -0.05) is 12.2 Å². The lowest BCUT2D eigenvalue weighted by Crippen LogP contribution is -1.97. The van der Waals surface area contributed by atoms with Crippen LogP contribution in [-0.2, 0) is 7.05 Å². The van der Waals surface area contributed by atoms with Crippen molar-refractivity contribution in [2.75, 3.05) is 12.3 Å². The number of aliphatic hydroxyl groups is 1. The number of aliphatic hydroxyl groups excluding tert-OH is 1. The second-order valence-corrected chi connectivity index (χ2v) is 2.19. The summed E-state index contributed by atoms with van der Waals surface area (Å²) in [7, 11) is 1.77. The molecule has 1 aromatic rings. The molecule has 4 nitrogen and oxygen atoms in total. The molecular formula is C7H11N3O. The van der Waals surface area contributed by atoms with Gasteiger partial charge in [0, 0.05) is 12.6 Å². The SMILES string of the molecule is Cn1ncc(C=CCO)c1N. The van der Waals surface area contributed by atoms with Crippen LogP contribution in [0.25, 0.3) is 6.08 Å². The van der Waals surface area contributed by atoms with E-state index >= 15 is 0 Å². The van der Waals surface area contributed by atoms with Gasteiger partial charge in [0.2, 0.25) is 0 Å². The average Bonchev–Trinajstić information content (AvgIpc) is 2.31. The van der Waals surface area contributed by atoms with Crippen LogP contribution in [0.2, 0.25) is 0 Å². The van der Waals surface area contributed by atoms with E-state index in [4.69, 9.17) is 10.8 Å². The topological polar surface area (TPSA) is 64.1 Å². The van der Waals surface area contributed by atoms with Gasteiger partial charge in [-0.2, -0.15) is 5.10 Å². The smallest absolute Gasteiger partial charge is 0.128 e. The maximum absolute atomic E-state index is 8.47. The van der Waals surface area contributed by atoms with Gasteiger partial charge >= 0.3 is 0 Å². The molecule has 0 atom stereocenters. The molecule has 0 aliphatic carbocycles. The molecule has 0 aromatic carbocycles. The predicted octanol–water partition coefficient (Wildman–Crippen LogP) is 0.00780. The van der Waals surface area contributed by atoms with Crippen LogP contribution in [0.1, 0.15) is 5.56 Å². The van der Waals surface area contributed by atoms with Crippen LogP contribution in [0.4, 0.5) is 5.82 Å². The highest BCUT2D eigenvalue weighted by atomic mass is 16.2. The number of nitrogen functional groups attached to an aromatic ring is 1. The number of hydrogen-bond donors (Lipinski definition) is 2. The van der Waals surface area contributed by atoms with E-state index in [0.29, 0.717) is 5.82 Å². The molecule has 1 aromatic heterocycles. The molecule has 0 aliphatic heterocycles.